The molecule has 0 aromatic heterocycles. The van der Waals surface area contributed by atoms with Gasteiger partial charge in [-0.15, -0.1) is 0 Å². The van der Waals surface area contributed by atoms with Gasteiger partial charge in [-0.05, 0) is 25.0 Å². The van der Waals surface area contributed by atoms with Crippen molar-refractivity contribution in [3.63, 3.8) is 0 Å². The van der Waals surface area contributed by atoms with E-state index in [4.69, 9.17) is 4.74 Å². The lowest BCUT2D eigenvalue weighted by atomic mass is 10.2. The van der Waals surface area contributed by atoms with Gasteiger partial charge in [-0.2, -0.15) is 0 Å². The third kappa shape index (κ3) is 7.33. The Hall–Kier alpha value is -1.03. The van der Waals surface area contributed by atoms with Crippen LogP contribution in [0.1, 0.15) is 25.7 Å². The highest BCUT2D eigenvalue weighted by Gasteiger charge is 2.00. The second kappa shape index (κ2) is 9.95. The molecule has 1 N–H and O–H groups in total. The number of unbranched alkanes of at least 4 members (excludes halogenated alkanes) is 2. The quantitative estimate of drug-likeness (QED) is 0.562. The minimum Gasteiger partial charge on any atom is -0.493 e. The Labute approximate surface area is 117 Å². The number of carbonyl (C=O) groups excluding carboxylic acids is 1. The average Bonchev–Trinajstić information content (AvgIpc) is 2.40. The zero-order valence-corrected chi connectivity index (χ0v) is 12.1. The number of carbonyl (C=O) groups is 1. The first-order chi connectivity index (χ1) is 8.83. The van der Waals surface area contributed by atoms with E-state index in [-0.39, 0.29) is 5.91 Å². The van der Waals surface area contributed by atoms with Gasteiger partial charge in [0, 0.05) is 11.9 Å². The van der Waals surface area contributed by atoms with Crippen LogP contribution in [0.25, 0.3) is 0 Å². The van der Waals surface area contributed by atoms with Gasteiger partial charge in [0.2, 0.25) is 5.91 Å². The summed E-state index contributed by atoms with van der Waals surface area (Å²) in [5.74, 6) is 0.868. The monoisotopic (exact) mass is 313 g/mol. The molecule has 1 rings (SSSR count). The van der Waals surface area contributed by atoms with Gasteiger partial charge in [0.25, 0.3) is 0 Å². The summed E-state index contributed by atoms with van der Waals surface area (Å²) >= 11 is 3.38. The molecule has 0 atom stereocenters. The number of benzene rings is 1. The largest absolute Gasteiger partial charge is 0.493 e. The fourth-order valence-corrected chi connectivity index (χ4v) is 1.89. The van der Waals surface area contributed by atoms with Crippen molar-refractivity contribution in [2.45, 2.75) is 25.7 Å². The highest BCUT2D eigenvalue weighted by Crippen LogP contribution is 2.08. The Morgan fingerprint density at radius 1 is 1.17 bits per heavy atom. The lowest BCUT2D eigenvalue weighted by molar-refractivity contribution is -0.121. The highest BCUT2D eigenvalue weighted by molar-refractivity contribution is 9.09. The summed E-state index contributed by atoms with van der Waals surface area (Å²) in [6.45, 7) is 1.19. The molecule has 0 bridgehead atoms. The van der Waals surface area contributed by atoms with Gasteiger partial charge in [-0.25, -0.2) is 0 Å². The molecule has 1 aromatic carbocycles. The maximum absolute atomic E-state index is 11.5. The number of amides is 1. The van der Waals surface area contributed by atoms with Crippen molar-refractivity contribution >= 4 is 21.8 Å². The Kier molecular flexibility index (Phi) is 8.30. The molecule has 0 saturated heterocycles. The average molecular weight is 314 g/mol. The molecule has 0 aliphatic rings. The Bertz CT molecular complexity index is 330. The van der Waals surface area contributed by atoms with E-state index in [2.05, 4.69) is 21.2 Å². The summed E-state index contributed by atoms with van der Waals surface area (Å²) in [4.78, 5) is 11.5. The van der Waals surface area contributed by atoms with E-state index in [9.17, 15) is 4.79 Å². The van der Waals surface area contributed by atoms with Crippen molar-refractivity contribution in [3.8, 4) is 5.75 Å². The van der Waals surface area contributed by atoms with Gasteiger partial charge in [0.05, 0.1) is 13.0 Å². The minimum absolute atomic E-state index is 0.0600. The van der Waals surface area contributed by atoms with Gasteiger partial charge in [0.15, 0.2) is 0 Å². The van der Waals surface area contributed by atoms with Crippen LogP contribution in [0.4, 0.5) is 0 Å². The molecule has 3 nitrogen and oxygen atoms in total. The fraction of sp³-hybridized carbons (Fsp3) is 0.500. The van der Waals surface area contributed by atoms with Crippen molar-refractivity contribution < 1.29 is 9.53 Å². The molecule has 0 fully saturated rings. The van der Waals surface area contributed by atoms with Gasteiger partial charge in [-0.3, -0.25) is 4.79 Å². The van der Waals surface area contributed by atoms with Crippen LogP contribution in [-0.4, -0.2) is 24.4 Å². The molecule has 18 heavy (non-hydrogen) atoms. The molecule has 1 aromatic rings. The molecule has 100 valence electrons. The molecule has 1 amide bonds. The first kappa shape index (κ1) is 15.0. The number of halogens is 1. The lowest BCUT2D eigenvalue weighted by Crippen LogP contribution is -2.25. The number of rotatable bonds is 9. The van der Waals surface area contributed by atoms with Gasteiger partial charge in [-0.1, -0.05) is 40.5 Å². The molecule has 0 aliphatic heterocycles. The van der Waals surface area contributed by atoms with E-state index in [1.807, 2.05) is 30.3 Å². The van der Waals surface area contributed by atoms with Crippen LogP contribution in [0.5, 0.6) is 5.75 Å². The molecule has 4 heteroatoms. The van der Waals surface area contributed by atoms with Crippen molar-refractivity contribution in [3.05, 3.63) is 30.3 Å². The first-order valence-corrected chi connectivity index (χ1v) is 7.45. The third-order valence-corrected chi connectivity index (χ3v) is 3.03. The molecule has 0 unspecified atom stereocenters. The molecule has 0 radical (unpaired) electrons. The van der Waals surface area contributed by atoms with Crippen molar-refractivity contribution in [1.82, 2.24) is 5.32 Å². The minimum atomic E-state index is 0.0600. The standard InChI is InChI=1S/C14H20BrNO2/c15-10-5-2-6-11-16-14(17)9-12-18-13-7-3-1-4-8-13/h1,3-4,7-8H,2,5-6,9-12H2,(H,16,17). The first-order valence-electron chi connectivity index (χ1n) is 6.33. The lowest BCUT2D eigenvalue weighted by Gasteiger charge is -2.07. The second-order valence-corrected chi connectivity index (χ2v) is 4.80. The number of nitrogens with one attached hydrogen (secondary N) is 1. The number of hydrogen-bond acceptors (Lipinski definition) is 2. The SMILES string of the molecule is O=C(CCOc1ccccc1)NCCCCCBr. The van der Waals surface area contributed by atoms with Crippen molar-refractivity contribution in [2.24, 2.45) is 0 Å². The van der Waals surface area contributed by atoms with E-state index in [1.54, 1.807) is 0 Å². The smallest absolute Gasteiger partial charge is 0.223 e. The number of alkyl halides is 1. The Morgan fingerprint density at radius 3 is 2.67 bits per heavy atom. The van der Waals surface area contributed by atoms with E-state index < -0.39 is 0 Å². The van der Waals surface area contributed by atoms with E-state index in [0.717, 1.165) is 36.9 Å². The summed E-state index contributed by atoms with van der Waals surface area (Å²) in [5, 5.41) is 3.93. The van der Waals surface area contributed by atoms with Crippen LogP contribution < -0.4 is 10.1 Å². The van der Waals surface area contributed by atoms with Gasteiger partial charge in [0.1, 0.15) is 5.75 Å². The highest BCUT2D eigenvalue weighted by atomic mass is 79.9. The van der Waals surface area contributed by atoms with Crippen LogP contribution >= 0.6 is 15.9 Å². The number of para-hydroxylation sites is 1. The molecular weight excluding hydrogens is 294 g/mol. The predicted octanol–water partition coefficient (Wildman–Crippen LogP) is 3.14. The van der Waals surface area contributed by atoms with E-state index in [0.29, 0.717) is 13.0 Å². The summed E-state index contributed by atoms with van der Waals surface area (Å²) in [6.07, 6.45) is 3.75. The van der Waals surface area contributed by atoms with Crippen LogP contribution in [0.2, 0.25) is 0 Å². The van der Waals surface area contributed by atoms with Crippen molar-refractivity contribution in [2.75, 3.05) is 18.5 Å². The topological polar surface area (TPSA) is 38.3 Å². The van der Waals surface area contributed by atoms with Crippen LogP contribution in [0.15, 0.2) is 30.3 Å². The molecule has 0 aliphatic carbocycles. The Balaban J connectivity index is 2.00. The predicted molar refractivity (Wildman–Crippen MR) is 77.2 cm³/mol. The Morgan fingerprint density at radius 2 is 1.94 bits per heavy atom. The van der Waals surface area contributed by atoms with E-state index in [1.165, 1.54) is 0 Å². The molecule has 0 saturated carbocycles. The maximum Gasteiger partial charge on any atom is 0.223 e. The van der Waals surface area contributed by atoms with E-state index >= 15 is 0 Å². The number of ether oxygens (including phenoxy) is 1. The van der Waals surface area contributed by atoms with Crippen LogP contribution in [0, 0.1) is 0 Å². The van der Waals surface area contributed by atoms with Gasteiger partial charge >= 0.3 is 0 Å². The van der Waals surface area contributed by atoms with Gasteiger partial charge < -0.3 is 10.1 Å². The fourth-order valence-electron chi connectivity index (χ4n) is 1.49. The molecule has 0 spiro atoms. The number of hydrogen-bond donors (Lipinski definition) is 1. The summed E-state index contributed by atoms with van der Waals surface area (Å²) in [6, 6.07) is 9.54. The summed E-state index contributed by atoms with van der Waals surface area (Å²) in [5.41, 5.74) is 0. The summed E-state index contributed by atoms with van der Waals surface area (Å²) in [7, 11) is 0. The normalized spacial score (nSPS) is 10.1. The zero-order valence-electron chi connectivity index (χ0n) is 10.5. The second-order valence-electron chi connectivity index (χ2n) is 4.01. The zero-order chi connectivity index (χ0) is 13.1. The van der Waals surface area contributed by atoms with Crippen LogP contribution in [-0.2, 0) is 4.79 Å². The van der Waals surface area contributed by atoms with Crippen LogP contribution in [0.3, 0.4) is 0 Å². The third-order valence-electron chi connectivity index (χ3n) is 2.47. The van der Waals surface area contributed by atoms with Crippen molar-refractivity contribution in [1.29, 1.82) is 0 Å². The molecular formula is C14H20BrNO2. The summed E-state index contributed by atoms with van der Waals surface area (Å²) < 4.78 is 5.45. The maximum atomic E-state index is 11.5. The molecule has 0 heterocycles.